The SMILES string of the molecule is COC(=O)C(C)N1C(=O)C2C(N=C3N(c4cc(C)cc(C)c4)C(C)=CN32)N(C)C1=O. The van der Waals surface area contributed by atoms with Gasteiger partial charge in [0, 0.05) is 24.6 Å². The number of methoxy groups -OCH3 is 1. The van der Waals surface area contributed by atoms with E-state index in [2.05, 4.69) is 18.2 Å². The van der Waals surface area contributed by atoms with E-state index < -0.39 is 36.2 Å². The number of anilines is 1. The normalized spacial score (nSPS) is 23.9. The molecule has 0 radical (unpaired) electrons. The number of benzene rings is 1. The molecule has 0 saturated carbocycles. The minimum Gasteiger partial charge on any atom is -0.467 e. The van der Waals surface area contributed by atoms with Gasteiger partial charge in [0.15, 0.2) is 12.2 Å². The lowest BCUT2D eigenvalue weighted by molar-refractivity contribution is -0.153. The molecule has 0 spiro atoms. The summed E-state index contributed by atoms with van der Waals surface area (Å²) in [6.07, 6.45) is 1.20. The summed E-state index contributed by atoms with van der Waals surface area (Å²) >= 11 is 0. The van der Waals surface area contributed by atoms with Gasteiger partial charge in [-0.1, -0.05) is 6.07 Å². The molecule has 3 amide bonds. The molecule has 1 fully saturated rings. The Morgan fingerprint density at radius 1 is 1.13 bits per heavy atom. The Bertz CT molecular complexity index is 996. The first-order valence-electron chi connectivity index (χ1n) is 9.76. The van der Waals surface area contributed by atoms with E-state index in [9.17, 15) is 14.4 Å². The number of fused-ring (bicyclic) bond motifs is 3. The van der Waals surface area contributed by atoms with Gasteiger partial charge < -0.3 is 14.5 Å². The molecule has 1 aromatic carbocycles. The summed E-state index contributed by atoms with van der Waals surface area (Å²) in [5.41, 5.74) is 4.10. The summed E-state index contributed by atoms with van der Waals surface area (Å²) in [6.45, 7) is 7.49. The van der Waals surface area contributed by atoms with Gasteiger partial charge in [-0.2, -0.15) is 0 Å². The number of urea groups is 1. The summed E-state index contributed by atoms with van der Waals surface area (Å²) < 4.78 is 4.74. The maximum absolute atomic E-state index is 13.3. The zero-order valence-corrected chi connectivity index (χ0v) is 17.9. The van der Waals surface area contributed by atoms with E-state index >= 15 is 0 Å². The van der Waals surface area contributed by atoms with Crippen molar-refractivity contribution in [1.29, 1.82) is 0 Å². The van der Waals surface area contributed by atoms with E-state index in [1.807, 2.05) is 31.9 Å². The molecule has 3 aliphatic heterocycles. The number of carbonyl (C=O) groups excluding carboxylic acids is 3. The fraction of sp³-hybridized carbons (Fsp3) is 0.429. The third-order valence-corrected chi connectivity index (χ3v) is 5.73. The Balaban J connectivity index is 1.73. The third kappa shape index (κ3) is 2.76. The van der Waals surface area contributed by atoms with Crippen LogP contribution in [-0.4, -0.2) is 71.0 Å². The molecule has 0 N–H and O–H groups in total. The van der Waals surface area contributed by atoms with Gasteiger partial charge in [0.2, 0.25) is 5.96 Å². The van der Waals surface area contributed by atoms with E-state index in [1.54, 1.807) is 11.9 Å². The number of imide groups is 1. The Morgan fingerprint density at radius 2 is 1.77 bits per heavy atom. The highest BCUT2D eigenvalue weighted by Crippen LogP contribution is 2.37. The van der Waals surface area contributed by atoms with Crippen LogP contribution in [0.25, 0.3) is 0 Å². The van der Waals surface area contributed by atoms with E-state index in [-0.39, 0.29) is 0 Å². The highest BCUT2D eigenvalue weighted by Gasteiger charge is 2.56. The summed E-state index contributed by atoms with van der Waals surface area (Å²) in [7, 11) is 2.82. The van der Waals surface area contributed by atoms with Gasteiger partial charge in [0.05, 0.1) is 7.11 Å². The highest BCUT2D eigenvalue weighted by atomic mass is 16.5. The van der Waals surface area contributed by atoms with Gasteiger partial charge in [-0.15, -0.1) is 0 Å². The van der Waals surface area contributed by atoms with Crippen molar-refractivity contribution in [2.45, 2.75) is 45.9 Å². The van der Waals surface area contributed by atoms with Crippen molar-refractivity contribution in [3.63, 3.8) is 0 Å². The van der Waals surface area contributed by atoms with E-state index in [0.29, 0.717) is 5.96 Å². The van der Waals surface area contributed by atoms with Crippen molar-refractivity contribution in [3.05, 3.63) is 41.2 Å². The smallest absolute Gasteiger partial charge is 0.329 e. The van der Waals surface area contributed by atoms with Crippen LogP contribution >= 0.6 is 0 Å². The van der Waals surface area contributed by atoms with Crippen LogP contribution in [0.5, 0.6) is 0 Å². The molecule has 0 aromatic heterocycles. The van der Waals surface area contributed by atoms with Crippen molar-refractivity contribution in [2.75, 3.05) is 19.1 Å². The van der Waals surface area contributed by atoms with Crippen molar-refractivity contribution >= 4 is 29.6 Å². The molecule has 158 valence electrons. The zero-order valence-electron chi connectivity index (χ0n) is 17.9. The number of likely N-dealkylation sites (N-methyl/N-ethyl adjacent to an activating group) is 1. The van der Waals surface area contributed by atoms with Crippen LogP contribution in [0.2, 0.25) is 0 Å². The lowest BCUT2D eigenvalue weighted by atomic mass is 10.1. The maximum atomic E-state index is 13.3. The minimum absolute atomic E-state index is 0.467. The van der Waals surface area contributed by atoms with E-state index in [1.165, 1.54) is 18.9 Å². The molecular formula is C21H25N5O4. The van der Waals surface area contributed by atoms with Crippen molar-refractivity contribution < 1.29 is 19.1 Å². The summed E-state index contributed by atoms with van der Waals surface area (Å²) in [5, 5.41) is 0. The van der Waals surface area contributed by atoms with E-state index in [0.717, 1.165) is 27.4 Å². The van der Waals surface area contributed by atoms with Crippen LogP contribution in [-0.2, 0) is 14.3 Å². The zero-order chi connectivity index (χ0) is 21.9. The van der Waals surface area contributed by atoms with Crippen molar-refractivity contribution in [1.82, 2.24) is 14.7 Å². The molecule has 30 heavy (non-hydrogen) atoms. The Morgan fingerprint density at radius 3 is 2.37 bits per heavy atom. The van der Waals surface area contributed by atoms with Gasteiger partial charge >= 0.3 is 12.0 Å². The van der Waals surface area contributed by atoms with Crippen LogP contribution in [0.3, 0.4) is 0 Å². The second kappa shape index (κ2) is 6.86. The van der Waals surface area contributed by atoms with Crippen LogP contribution in [0, 0.1) is 13.8 Å². The molecule has 4 rings (SSSR count). The Labute approximate surface area is 175 Å². The first-order valence-corrected chi connectivity index (χ1v) is 9.76. The van der Waals surface area contributed by atoms with Crippen LogP contribution in [0.15, 0.2) is 35.1 Å². The fourth-order valence-electron chi connectivity index (χ4n) is 4.35. The van der Waals surface area contributed by atoms with Crippen molar-refractivity contribution in [2.24, 2.45) is 4.99 Å². The molecule has 9 heteroatoms. The van der Waals surface area contributed by atoms with Crippen molar-refractivity contribution in [3.8, 4) is 0 Å². The standard InChI is InChI=1S/C21H25N5O4/c1-11-7-12(2)9-15(8-11)25-13(3)10-24-16-17(22-20(24)25)23(5)21(29)26(18(16)27)14(4)19(28)30-6/h7-10,14,16-17H,1-6H3. The molecule has 3 unspecified atom stereocenters. The molecule has 1 saturated heterocycles. The Hall–Kier alpha value is -3.36. The molecule has 1 aromatic rings. The van der Waals surface area contributed by atoms with Gasteiger partial charge in [-0.3, -0.25) is 9.69 Å². The number of esters is 1. The van der Waals surface area contributed by atoms with Gasteiger partial charge in [0.1, 0.15) is 6.04 Å². The second-order valence-electron chi connectivity index (χ2n) is 7.95. The lowest BCUT2D eigenvalue weighted by Crippen LogP contribution is -2.67. The molecule has 0 aliphatic carbocycles. The molecule has 0 bridgehead atoms. The predicted octanol–water partition coefficient (Wildman–Crippen LogP) is 1.81. The topological polar surface area (TPSA) is 85.8 Å². The Kier molecular flexibility index (Phi) is 4.56. The minimum atomic E-state index is -1.02. The number of aliphatic imine (C=N–C) groups is 1. The number of carbonyl (C=O) groups is 3. The molecule has 3 atom stereocenters. The second-order valence-corrected chi connectivity index (χ2v) is 7.95. The van der Waals surface area contributed by atoms with Gasteiger partial charge in [-0.05, 0) is 51.0 Å². The fourth-order valence-corrected chi connectivity index (χ4v) is 4.35. The number of aryl methyl sites for hydroxylation is 2. The van der Waals surface area contributed by atoms with E-state index in [4.69, 9.17) is 9.73 Å². The number of guanidine groups is 1. The first kappa shape index (κ1) is 19.9. The predicted molar refractivity (Wildman–Crippen MR) is 110 cm³/mol. The monoisotopic (exact) mass is 411 g/mol. The lowest BCUT2D eigenvalue weighted by Gasteiger charge is -2.41. The summed E-state index contributed by atoms with van der Waals surface area (Å²) in [4.78, 5) is 49.1. The van der Waals surface area contributed by atoms with Gasteiger partial charge in [-0.25, -0.2) is 19.5 Å². The quantitative estimate of drug-likeness (QED) is 0.705. The number of rotatable bonds is 3. The molecule has 3 aliphatic rings. The largest absolute Gasteiger partial charge is 0.467 e. The number of hydrogen-bond acceptors (Lipinski definition) is 7. The molecule has 3 heterocycles. The maximum Gasteiger partial charge on any atom is 0.329 e. The highest BCUT2D eigenvalue weighted by molar-refractivity contribution is 6.11. The van der Waals surface area contributed by atoms with Crippen LogP contribution in [0.1, 0.15) is 25.0 Å². The third-order valence-electron chi connectivity index (χ3n) is 5.73. The number of amides is 3. The average Bonchev–Trinajstić information content (AvgIpc) is 3.19. The summed E-state index contributed by atoms with van der Waals surface area (Å²) in [5.74, 6) is -0.521. The first-order chi connectivity index (χ1) is 14.1. The van der Waals surface area contributed by atoms with Crippen LogP contribution in [0.4, 0.5) is 10.5 Å². The average molecular weight is 411 g/mol. The molecule has 9 nitrogen and oxygen atoms in total. The summed E-state index contributed by atoms with van der Waals surface area (Å²) in [6, 6.07) is 3.88. The number of nitrogens with zero attached hydrogens (tertiary/aromatic N) is 5. The number of allylic oxidation sites excluding steroid dienone is 1. The molecular weight excluding hydrogens is 386 g/mol. The van der Waals surface area contributed by atoms with Gasteiger partial charge in [0.25, 0.3) is 5.91 Å². The number of hydrogen-bond donors (Lipinski definition) is 0. The number of ether oxygens (including phenoxy) is 1. The van der Waals surface area contributed by atoms with Crippen LogP contribution < -0.4 is 4.90 Å².